The van der Waals surface area contributed by atoms with Gasteiger partial charge in [-0.1, -0.05) is 32.2 Å². The van der Waals surface area contributed by atoms with Gasteiger partial charge in [0, 0.05) is 9.04 Å². The summed E-state index contributed by atoms with van der Waals surface area (Å²) in [7, 11) is 2.83. The molecule has 0 bridgehead atoms. The van der Waals surface area contributed by atoms with E-state index in [0.29, 0.717) is 17.6 Å². The van der Waals surface area contributed by atoms with Gasteiger partial charge in [-0.25, -0.2) is 0 Å². The summed E-state index contributed by atoms with van der Waals surface area (Å²) < 4.78 is 0. The molecule has 3 heteroatoms. The van der Waals surface area contributed by atoms with Gasteiger partial charge in [0.2, 0.25) is 0 Å². The molecule has 9 heavy (non-hydrogen) atoms. The molecular formula is C6H19Si3. The highest BCUT2D eigenvalue weighted by atomic mass is 29.5. The van der Waals surface area contributed by atoms with E-state index in [2.05, 4.69) is 13.3 Å². The third-order valence-corrected chi connectivity index (χ3v) is 13.3. The summed E-state index contributed by atoms with van der Waals surface area (Å²) >= 11 is 0. The minimum absolute atomic E-state index is 0.580. The monoisotopic (exact) mass is 175 g/mol. The predicted molar refractivity (Wildman–Crippen MR) is 55.7 cm³/mol. The Hall–Kier alpha value is 0.651. The van der Waals surface area contributed by atoms with Crippen molar-refractivity contribution in [3.05, 3.63) is 6.42 Å². The molecule has 0 aromatic heterocycles. The van der Waals surface area contributed by atoms with Crippen LogP contribution in [0.1, 0.15) is 26.2 Å². The average molecular weight is 175 g/mol. The molecule has 0 aromatic rings. The Balaban J connectivity index is 2.60. The Bertz CT molecular complexity index is 41.6. The smallest absolute Gasteiger partial charge is 0.00460 e. The van der Waals surface area contributed by atoms with E-state index in [0.717, 1.165) is 0 Å². The second kappa shape index (κ2) is 8.65. The van der Waals surface area contributed by atoms with Crippen LogP contribution in [0.4, 0.5) is 0 Å². The van der Waals surface area contributed by atoms with Gasteiger partial charge in [0.15, 0.2) is 0 Å². The average Bonchev–Trinajstić information content (AvgIpc) is 1.89. The van der Waals surface area contributed by atoms with Crippen molar-refractivity contribution in [2.45, 2.75) is 32.2 Å². The summed E-state index contributed by atoms with van der Waals surface area (Å²) in [6, 6.07) is 1.67. The quantitative estimate of drug-likeness (QED) is 0.371. The van der Waals surface area contributed by atoms with Crippen LogP contribution in [0.2, 0.25) is 6.04 Å². The van der Waals surface area contributed by atoms with Crippen LogP contribution in [0, 0.1) is 6.42 Å². The van der Waals surface area contributed by atoms with Crippen molar-refractivity contribution in [2.24, 2.45) is 0 Å². The van der Waals surface area contributed by atoms with Crippen LogP contribution < -0.4 is 0 Å². The lowest BCUT2D eigenvalue weighted by Gasteiger charge is -1.95. The Morgan fingerprint density at radius 3 is 2.78 bits per heavy atom. The molecular weight excluding hydrogens is 156 g/mol. The highest BCUT2D eigenvalue weighted by Gasteiger charge is 1.86. The van der Waals surface area contributed by atoms with Gasteiger partial charge in [-0.3, -0.25) is 0 Å². The fourth-order valence-electron chi connectivity index (χ4n) is 0.952. The van der Waals surface area contributed by atoms with Crippen LogP contribution in [-0.4, -0.2) is 27.4 Å². The van der Waals surface area contributed by atoms with Crippen LogP contribution in [0.25, 0.3) is 0 Å². The molecule has 0 nitrogen and oxygen atoms in total. The van der Waals surface area contributed by atoms with E-state index in [-0.39, 0.29) is 0 Å². The molecule has 55 valence electrons. The third kappa shape index (κ3) is 8.65. The van der Waals surface area contributed by atoms with E-state index in [1.807, 2.05) is 0 Å². The highest BCUT2D eigenvalue weighted by Crippen LogP contribution is 2.00. The van der Waals surface area contributed by atoms with Crippen molar-refractivity contribution in [3.63, 3.8) is 0 Å². The molecule has 1 radical (unpaired) electrons. The lowest BCUT2D eigenvalue weighted by Crippen LogP contribution is -2.01. The highest BCUT2D eigenvalue weighted by molar-refractivity contribution is 7.23. The van der Waals surface area contributed by atoms with E-state index in [1.165, 1.54) is 12.8 Å². The topological polar surface area (TPSA) is 0 Å². The van der Waals surface area contributed by atoms with Gasteiger partial charge in [0.05, 0.1) is 0 Å². The Labute approximate surface area is 66.5 Å². The standard InChI is InChI=1S/C6H19Si3/c1-2-3-4-5-6-8-9-7/h2H,3-6,8-9H2,1,7H3. The van der Waals surface area contributed by atoms with Gasteiger partial charge in [-0.15, -0.1) is 0 Å². The lowest BCUT2D eigenvalue weighted by atomic mass is 10.2. The van der Waals surface area contributed by atoms with Crippen LogP contribution in [0.5, 0.6) is 0 Å². The van der Waals surface area contributed by atoms with Crippen molar-refractivity contribution < 1.29 is 0 Å². The lowest BCUT2D eigenvalue weighted by molar-refractivity contribution is 0.782. The maximum atomic E-state index is 2.29. The second-order valence-corrected chi connectivity index (χ2v) is 19.1. The summed E-state index contributed by atoms with van der Waals surface area (Å²) in [5.74, 6) is 0. The fraction of sp³-hybridized carbons (Fsp3) is 0.833. The minimum atomic E-state index is 0.580. The number of rotatable bonds is 6. The van der Waals surface area contributed by atoms with Crippen LogP contribution >= 0.6 is 0 Å². The van der Waals surface area contributed by atoms with Crippen molar-refractivity contribution in [2.75, 3.05) is 0 Å². The zero-order valence-corrected chi connectivity index (χ0v) is 11.6. The summed E-state index contributed by atoms with van der Waals surface area (Å²) in [5.41, 5.74) is 0. The van der Waals surface area contributed by atoms with Crippen LogP contribution in [0.3, 0.4) is 0 Å². The molecule has 0 saturated carbocycles. The predicted octanol–water partition coefficient (Wildman–Crippen LogP) is -0.668. The van der Waals surface area contributed by atoms with E-state index in [1.54, 1.807) is 22.2 Å². The van der Waals surface area contributed by atoms with E-state index < -0.39 is 0 Å². The Morgan fingerprint density at radius 1 is 1.44 bits per heavy atom. The molecule has 0 atom stereocenters. The maximum absolute atomic E-state index is 2.29. The van der Waals surface area contributed by atoms with Crippen LogP contribution in [0.15, 0.2) is 0 Å². The van der Waals surface area contributed by atoms with Gasteiger partial charge in [0.1, 0.15) is 0 Å². The molecule has 0 heterocycles. The first-order chi connectivity index (χ1) is 4.41. The summed E-state index contributed by atoms with van der Waals surface area (Å²) in [6.45, 7) is 2.17. The molecule has 0 aliphatic rings. The number of hydrogen-bond donors (Lipinski definition) is 0. The molecule has 0 saturated heterocycles. The molecule has 0 aromatic carbocycles. The molecule has 0 spiro atoms. The third-order valence-electron chi connectivity index (χ3n) is 1.60. The Kier molecular flexibility index (Phi) is 9.28. The fourth-order valence-corrected chi connectivity index (χ4v) is 9.22. The van der Waals surface area contributed by atoms with Crippen LogP contribution in [-0.2, 0) is 0 Å². The van der Waals surface area contributed by atoms with E-state index in [9.17, 15) is 0 Å². The minimum Gasteiger partial charge on any atom is -0.0655 e. The molecule has 0 fully saturated rings. The zero-order valence-electron chi connectivity index (χ0n) is 6.82. The van der Waals surface area contributed by atoms with Crippen molar-refractivity contribution in [1.29, 1.82) is 0 Å². The largest absolute Gasteiger partial charge is 0.0655 e. The van der Waals surface area contributed by atoms with Gasteiger partial charge < -0.3 is 0 Å². The van der Waals surface area contributed by atoms with Gasteiger partial charge in [-0.05, 0) is 24.7 Å². The SMILES string of the molecule is C[CH]CCCC[SiH2][SiH2][SiH3]. The maximum Gasteiger partial charge on any atom is 0.00460 e. The Morgan fingerprint density at radius 2 is 2.22 bits per heavy atom. The zero-order chi connectivity index (χ0) is 6.95. The summed E-state index contributed by atoms with van der Waals surface area (Å²) in [5, 5.41) is 0. The summed E-state index contributed by atoms with van der Waals surface area (Å²) in [6.07, 6.45) is 6.67. The molecule has 0 unspecified atom stereocenters. The van der Waals surface area contributed by atoms with Gasteiger partial charge in [0.25, 0.3) is 0 Å². The van der Waals surface area contributed by atoms with E-state index >= 15 is 0 Å². The molecule has 0 aliphatic carbocycles. The van der Waals surface area contributed by atoms with Crippen molar-refractivity contribution in [3.8, 4) is 0 Å². The second-order valence-electron chi connectivity index (χ2n) is 2.61. The first-order valence-corrected chi connectivity index (χ1v) is 14.8. The molecule has 0 amide bonds. The van der Waals surface area contributed by atoms with E-state index in [4.69, 9.17) is 0 Å². The van der Waals surface area contributed by atoms with Crippen molar-refractivity contribution >= 4 is 27.4 Å². The normalized spacial score (nSPS) is 13.0. The molecule has 0 N–H and O–H groups in total. The molecule has 0 rings (SSSR count). The van der Waals surface area contributed by atoms with Gasteiger partial charge in [-0.2, -0.15) is 0 Å². The van der Waals surface area contributed by atoms with Crippen molar-refractivity contribution in [1.82, 2.24) is 0 Å². The summed E-state index contributed by atoms with van der Waals surface area (Å²) in [4.78, 5) is 0. The van der Waals surface area contributed by atoms with Gasteiger partial charge >= 0.3 is 0 Å². The molecule has 0 aliphatic heterocycles. The first kappa shape index (κ1) is 9.65. The first-order valence-electron chi connectivity index (χ1n) is 4.19. The number of unbranched alkanes of at least 4 members (excludes halogenated alkanes) is 3. The number of hydrogen-bond acceptors (Lipinski definition) is 0.